The van der Waals surface area contributed by atoms with Crippen LogP contribution in [-0.4, -0.2) is 56.6 Å². The molecule has 204 valence electrons. The number of anilines is 1. The lowest BCUT2D eigenvalue weighted by Gasteiger charge is -2.32. The van der Waals surface area contributed by atoms with Gasteiger partial charge < -0.3 is 10.2 Å². The SMILES string of the molecule is CC[C@H](C(=O)N[C@@H](C)CC)N(CCc1ccccc1)C(=O)CCCN(c1cccc(Cl)c1C)S(C)(=O)=O. The maximum Gasteiger partial charge on any atom is 0.243 e. The van der Waals surface area contributed by atoms with E-state index in [2.05, 4.69) is 5.32 Å². The third-order valence-corrected chi connectivity index (χ3v) is 8.12. The number of sulfonamides is 1. The lowest BCUT2D eigenvalue weighted by molar-refractivity contribution is -0.141. The van der Waals surface area contributed by atoms with Gasteiger partial charge in [0.05, 0.1) is 11.9 Å². The number of amides is 2. The molecule has 9 heteroatoms. The first-order chi connectivity index (χ1) is 17.5. The van der Waals surface area contributed by atoms with Crippen molar-refractivity contribution in [2.75, 3.05) is 23.7 Å². The zero-order chi connectivity index (χ0) is 27.6. The summed E-state index contributed by atoms with van der Waals surface area (Å²) in [6.45, 7) is 8.15. The molecule has 0 saturated carbocycles. The van der Waals surface area contributed by atoms with Crippen LogP contribution in [-0.2, 0) is 26.0 Å². The Balaban J connectivity index is 2.20. The van der Waals surface area contributed by atoms with Crippen molar-refractivity contribution in [2.45, 2.75) is 71.9 Å². The Kier molecular flexibility index (Phi) is 11.9. The third kappa shape index (κ3) is 9.04. The molecule has 7 nitrogen and oxygen atoms in total. The highest BCUT2D eigenvalue weighted by Crippen LogP contribution is 2.28. The predicted octanol–water partition coefficient (Wildman–Crippen LogP) is 4.96. The van der Waals surface area contributed by atoms with Gasteiger partial charge in [-0.1, -0.05) is 61.8 Å². The maximum absolute atomic E-state index is 13.5. The van der Waals surface area contributed by atoms with Gasteiger partial charge in [0.1, 0.15) is 6.04 Å². The van der Waals surface area contributed by atoms with Gasteiger partial charge in [-0.15, -0.1) is 0 Å². The minimum absolute atomic E-state index is 0.0110. The first-order valence-corrected chi connectivity index (χ1v) is 15.1. The summed E-state index contributed by atoms with van der Waals surface area (Å²) in [4.78, 5) is 28.2. The summed E-state index contributed by atoms with van der Waals surface area (Å²) < 4.78 is 26.4. The van der Waals surface area contributed by atoms with E-state index in [1.807, 2.05) is 51.1 Å². The Labute approximate surface area is 227 Å². The average Bonchev–Trinajstić information content (AvgIpc) is 2.86. The molecule has 0 fully saturated rings. The molecule has 0 heterocycles. The van der Waals surface area contributed by atoms with Crippen molar-refractivity contribution in [2.24, 2.45) is 0 Å². The second-order valence-electron chi connectivity index (χ2n) is 9.39. The van der Waals surface area contributed by atoms with Gasteiger partial charge in [-0.25, -0.2) is 8.42 Å². The molecule has 0 spiro atoms. The molecule has 0 radical (unpaired) electrons. The van der Waals surface area contributed by atoms with Crippen LogP contribution in [0, 0.1) is 6.92 Å². The van der Waals surface area contributed by atoms with Crippen LogP contribution < -0.4 is 9.62 Å². The van der Waals surface area contributed by atoms with E-state index in [4.69, 9.17) is 11.6 Å². The molecule has 2 amide bonds. The number of carbonyl (C=O) groups excluding carboxylic acids is 2. The third-order valence-electron chi connectivity index (χ3n) is 6.53. The van der Waals surface area contributed by atoms with Crippen LogP contribution in [0.25, 0.3) is 0 Å². The zero-order valence-electron chi connectivity index (χ0n) is 22.5. The van der Waals surface area contributed by atoms with E-state index in [1.165, 1.54) is 4.31 Å². The summed E-state index contributed by atoms with van der Waals surface area (Å²) in [7, 11) is -3.59. The number of carbonyl (C=O) groups is 2. The number of benzene rings is 2. The van der Waals surface area contributed by atoms with E-state index in [-0.39, 0.29) is 30.8 Å². The van der Waals surface area contributed by atoms with Gasteiger partial charge in [-0.05, 0) is 62.8 Å². The molecular weight excluding hydrogens is 510 g/mol. The highest BCUT2D eigenvalue weighted by atomic mass is 35.5. The van der Waals surface area contributed by atoms with Crippen LogP contribution in [0.15, 0.2) is 48.5 Å². The molecule has 0 aliphatic carbocycles. The average molecular weight is 550 g/mol. The fourth-order valence-electron chi connectivity index (χ4n) is 4.19. The lowest BCUT2D eigenvalue weighted by Crippen LogP contribution is -2.51. The number of nitrogens with zero attached hydrogens (tertiary/aromatic N) is 2. The highest BCUT2D eigenvalue weighted by molar-refractivity contribution is 7.92. The van der Waals surface area contributed by atoms with E-state index < -0.39 is 16.1 Å². The fraction of sp³-hybridized carbons (Fsp3) is 0.500. The summed E-state index contributed by atoms with van der Waals surface area (Å²) in [6, 6.07) is 14.4. The molecule has 0 aromatic heterocycles. The number of halogens is 1. The number of rotatable bonds is 14. The Morgan fingerprint density at radius 3 is 2.27 bits per heavy atom. The van der Waals surface area contributed by atoms with Crippen LogP contribution in [0.5, 0.6) is 0 Å². The van der Waals surface area contributed by atoms with Crippen molar-refractivity contribution in [3.8, 4) is 0 Å². The predicted molar refractivity (Wildman–Crippen MR) is 151 cm³/mol. The Bertz CT molecular complexity index is 1140. The van der Waals surface area contributed by atoms with Gasteiger partial charge in [0.2, 0.25) is 21.8 Å². The van der Waals surface area contributed by atoms with Gasteiger partial charge in [-0.3, -0.25) is 13.9 Å². The normalized spacial score (nSPS) is 13.0. The molecule has 2 atom stereocenters. The quantitative estimate of drug-likeness (QED) is 0.361. The molecule has 2 aromatic rings. The second-order valence-corrected chi connectivity index (χ2v) is 11.7. The zero-order valence-corrected chi connectivity index (χ0v) is 24.1. The van der Waals surface area contributed by atoms with Crippen LogP contribution in [0.1, 0.15) is 57.6 Å². The minimum Gasteiger partial charge on any atom is -0.352 e. The van der Waals surface area contributed by atoms with Gasteiger partial charge in [0.15, 0.2) is 0 Å². The van der Waals surface area contributed by atoms with E-state index in [9.17, 15) is 18.0 Å². The Morgan fingerprint density at radius 2 is 1.68 bits per heavy atom. The van der Waals surface area contributed by atoms with Crippen LogP contribution in [0.2, 0.25) is 5.02 Å². The summed E-state index contributed by atoms with van der Waals surface area (Å²) >= 11 is 6.23. The topological polar surface area (TPSA) is 86.8 Å². The summed E-state index contributed by atoms with van der Waals surface area (Å²) in [6.07, 6.45) is 3.48. The lowest BCUT2D eigenvalue weighted by atomic mass is 10.1. The second kappa shape index (κ2) is 14.4. The summed E-state index contributed by atoms with van der Waals surface area (Å²) in [5.74, 6) is -0.330. The number of hydrogen-bond acceptors (Lipinski definition) is 4. The van der Waals surface area contributed by atoms with Crippen LogP contribution in [0.4, 0.5) is 5.69 Å². The summed E-state index contributed by atoms with van der Waals surface area (Å²) in [5.41, 5.74) is 2.25. The molecule has 37 heavy (non-hydrogen) atoms. The first kappa shape index (κ1) is 30.6. The van der Waals surface area contributed by atoms with Crippen LogP contribution >= 0.6 is 11.6 Å². The molecule has 2 aromatic carbocycles. The van der Waals surface area contributed by atoms with Gasteiger partial charge >= 0.3 is 0 Å². The Hall–Kier alpha value is -2.58. The van der Waals surface area contributed by atoms with Crippen molar-refractivity contribution >= 4 is 39.1 Å². The van der Waals surface area contributed by atoms with E-state index in [0.717, 1.165) is 18.2 Å². The standard InChI is InChI=1S/C28H40ClN3O4S/c1-6-21(3)30-28(34)25(7-2)31(20-18-23-13-9-8-10-14-23)27(33)17-12-19-32(37(5,35)36)26-16-11-15-24(29)22(26)4/h8-11,13-16,21,25H,6-7,12,17-20H2,1-5H3,(H,30,34)/t21-,25+/m0/s1. The van der Waals surface area contributed by atoms with Gasteiger partial charge in [0.25, 0.3) is 0 Å². The molecule has 0 saturated heterocycles. The molecule has 1 N–H and O–H groups in total. The van der Waals surface area contributed by atoms with E-state index in [0.29, 0.717) is 42.1 Å². The minimum atomic E-state index is -3.59. The first-order valence-electron chi connectivity index (χ1n) is 12.9. The summed E-state index contributed by atoms with van der Waals surface area (Å²) in [5, 5.41) is 3.49. The van der Waals surface area contributed by atoms with Gasteiger partial charge in [0, 0.05) is 30.6 Å². The van der Waals surface area contributed by atoms with Crippen molar-refractivity contribution in [1.29, 1.82) is 0 Å². The molecular formula is C28H40ClN3O4S. The molecule has 2 rings (SSSR count). The largest absolute Gasteiger partial charge is 0.352 e. The van der Waals surface area contributed by atoms with E-state index in [1.54, 1.807) is 30.0 Å². The van der Waals surface area contributed by atoms with Crippen molar-refractivity contribution in [1.82, 2.24) is 10.2 Å². The van der Waals surface area contributed by atoms with Crippen molar-refractivity contribution < 1.29 is 18.0 Å². The Morgan fingerprint density at radius 1 is 1.00 bits per heavy atom. The van der Waals surface area contributed by atoms with Gasteiger partial charge in [-0.2, -0.15) is 0 Å². The monoisotopic (exact) mass is 549 g/mol. The molecule has 0 aliphatic rings. The number of nitrogens with one attached hydrogen (secondary N) is 1. The van der Waals surface area contributed by atoms with E-state index >= 15 is 0 Å². The molecule has 0 bridgehead atoms. The molecule has 0 aliphatic heterocycles. The van der Waals surface area contributed by atoms with Crippen LogP contribution in [0.3, 0.4) is 0 Å². The van der Waals surface area contributed by atoms with Crippen molar-refractivity contribution in [3.05, 3.63) is 64.7 Å². The smallest absolute Gasteiger partial charge is 0.243 e. The maximum atomic E-state index is 13.5. The fourth-order valence-corrected chi connectivity index (χ4v) is 5.37. The van der Waals surface area contributed by atoms with Crippen molar-refractivity contribution in [3.63, 3.8) is 0 Å². The highest BCUT2D eigenvalue weighted by Gasteiger charge is 2.29. The molecule has 0 unspecified atom stereocenters. The number of hydrogen-bond donors (Lipinski definition) is 1.